The Hall–Kier alpha value is -0.0400. The molecule has 1 N–H and O–H groups in total. The summed E-state index contributed by atoms with van der Waals surface area (Å²) in [4.78, 5) is 0. The van der Waals surface area contributed by atoms with Crippen molar-refractivity contribution in [3.05, 3.63) is 0 Å². The van der Waals surface area contributed by atoms with Gasteiger partial charge in [0.2, 0.25) is 0 Å². The molecule has 0 amide bonds. The van der Waals surface area contributed by atoms with Crippen LogP contribution in [0.3, 0.4) is 0 Å². The van der Waals surface area contributed by atoms with Gasteiger partial charge in [-0.05, 0) is 31.7 Å². The van der Waals surface area contributed by atoms with Crippen LogP contribution in [0.2, 0.25) is 0 Å². The Kier molecular flexibility index (Phi) is 8.53. The highest BCUT2D eigenvalue weighted by atomic mass is 14.9. The molecule has 0 bridgehead atoms. The Balaban J connectivity index is 3.50. The fourth-order valence-corrected chi connectivity index (χ4v) is 1.53. The molecule has 0 heterocycles. The minimum absolute atomic E-state index is 0.751. The number of unbranched alkanes of at least 4 members (excludes halogenated alkanes) is 1. The van der Waals surface area contributed by atoms with E-state index in [4.69, 9.17) is 0 Å². The van der Waals surface area contributed by atoms with E-state index in [0.717, 1.165) is 12.0 Å². The topological polar surface area (TPSA) is 12.0 Å². The number of hydrogen-bond donors (Lipinski definition) is 1. The van der Waals surface area contributed by atoms with Crippen LogP contribution in [0.25, 0.3) is 0 Å². The van der Waals surface area contributed by atoms with Gasteiger partial charge in [0.05, 0.1) is 0 Å². The standard InChI is InChI=1S/C12H27N/c1-5-8-9-13-12(7-3)10-11(4)6-2/h11-13H,5-10H2,1-4H3. The van der Waals surface area contributed by atoms with Crippen LogP contribution >= 0.6 is 0 Å². The van der Waals surface area contributed by atoms with Crippen molar-refractivity contribution >= 4 is 0 Å². The molecule has 0 fully saturated rings. The van der Waals surface area contributed by atoms with Crippen LogP contribution in [0.4, 0.5) is 0 Å². The van der Waals surface area contributed by atoms with Crippen molar-refractivity contribution in [3.63, 3.8) is 0 Å². The zero-order valence-corrected chi connectivity index (χ0v) is 9.90. The van der Waals surface area contributed by atoms with Gasteiger partial charge in [0, 0.05) is 6.04 Å². The molecule has 80 valence electrons. The van der Waals surface area contributed by atoms with E-state index in [1.807, 2.05) is 0 Å². The first-order valence-electron chi connectivity index (χ1n) is 5.97. The lowest BCUT2D eigenvalue weighted by atomic mass is 9.98. The summed E-state index contributed by atoms with van der Waals surface area (Å²) in [5.74, 6) is 0.874. The third kappa shape index (κ3) is 7.06. The Labute approximate surface area is 84.3 Å². The molecule has 0 aromatic carbocycles. The summed E-state index contributed by atoms with van der Waals surface area (Å²) in [5, 5.41) is 3.64. The third-order valence-electron chi connectivity index (χ3n) is 2.84. The van der Waals surface area contributed by atoms with Crippen LogP contribution in [0.15, 0.2) is 0 Å². The molecule has 1 heteroatoms. The lowest BCUT2D eigenvalue weighted by Crippen LogP contribution is -2.30. The van der Waals surface area contributed by atoms with E-state index in [1.54, 1.807) is 0 Å². The van der Waals surface area contributed by atoms with Crippen molar-refractivity contribution in [1.82, 2.24) is 5.32 Å². The average molecular weight is 185 g/mol. The molecule has 0 rings (SSSR count). The molecule has 2 atom stereocenters. The third-order valence-corrected chi connectivity index (χ3v) is 2.84. The summed E-state index contributed by atoms with van der Waals surface area (Å²) < 4.78 is 0. The van der Waals surface area contributed by atoms with Crippen LogP contribution in [0.1, 0.15) is 59.8 Å². The highest BCUT2D eigenvalue weighted by Gasteiger charge is 2.08. The second-order valence-corrected chi connectivity index (χ2v) is 4.16. The molecule has 0 saturated carbocycles. The molecular formula is C12H27N. The average Bonchev–Trinajstić information content (AvgIpc) is 2.16. The molecule has 0 radical (unpaired) electrons. The number of rotatable bonds is 8. The van der Waals surface area contributed by atoms with Crippen molar-refractivity contribution in [2.45, 2.75) is 65.8 Å². The molecule has 0 aliphatic rings. The van der Waals surface area contributed by atoms with Gasteiger partial charge in [-0.25, -0.2) is 0 Å². The van der Waals surface area contributed by atoms with Gasteiger partial charge in [-0.3, -0.25) is 0 Å². The molecule has 2 unspecified atom stereocenters. The maximum absolute atomic E-state index is 3.64. The Morgan fingerprint density at radius 1 is 1.08 bits per heavy atom. The van der Waals surface area contributed by atoms with E-state index in [9.17, 15) is 0 Å². The molecule has 13 heavy (non-hydrogen) atoms. The molecule has 1 nitrogen and oxygen atoms in total. The predicted octanol–water partition coefficient (Wildman–Crippen LogP) is 3.59. The second kappa shape index (κ2) is 8.55. The van der Waals surface area contributed by atoms with Crippen molar-refractivity contribution in [2.75, 3.05) is 6.54 Å². The maximum atomic E-state index is 3.64. The summed E-state index contributed by atoms with van der Waals surface area (Å²) in [6.07, 6.45) is 6.54. The lowest BCUT2D eigenvalue weighted by molar-refractivity contribution is 0.383. The Morgan fingerprint density at radius 3 is 2.23 bits per heavy atom. The van der Waals surface area contributed by atoms with E-state index in [0.29, 0.717) is 0 Å². The monoisotopic (exact) mass is 185 g/mol. The smallest absolute Gasteiger partial charge is 0.00669 e. The highest BCUT2D eigenvalue weighted by Crippen LogP contribution is 2.11. The lowest BCUT2D eigenvalue weighted by Gasteiger charge is -2.20. The van der Waals surface area contributed by atoms with Gasteiger partial charge >= 0.3 is 0 Å². The van der Waals surface area contributed by atoms with Gasteiger partial charge in [0.1, 0.15) is 0 Å². The Bertz CT molecular complexity index is 101. The summed E-state index contributed by atoms with van der Waals surface area (Å²) in [7, 11) is 0. The van der Waals surface area contributed by atoms with E-state index in [-0.39, 0.29) is 0 Å². The van der Waals surface area contributed by atoms with Crippen molar-refractivity contribution in [2.24, 2.45) is 5.92 Å². The fraction of sp³-hybridized carbons (Fsp3) is 1.00. The molecule has 0 saturated heterocycles. The summed E-state index contributed by atoms with van der Waals surface area (Å²) in [6, 6.07) is 0.751. The minimum atomic E-state index is 0.751. The van der Waals surface area contributed by atoms with E-state index < -0.39 is 0 Å². The molecule has 0 aromatic heterocycles. The molecule has 0 aliphatic heterocycles. The molecular weight excluding hydrogens is 158 g/mol. The van der Waals surface area contributed by atoms with Crippen LogP contribution in [-0.4, -0.2) is 12.6 Å². The van der Waals surface area contributed by atoms with E-state index >= 15 is 0 Å². The molecule has 0 spiro atoms. The van der Waals surface area contributed by atoms with Crippen molar-refractivity contribution in [3.8, 4) is 0 Å². The minimum Gasteiger partial charge on any atom is -0.314 e. The van der Waals surface area contributed by atoms with Crippen LogP contribution in [0.5, 0.6) is 0 Å². The summed E-state index contributed by atoms with van der Waals surface area (Å²) >= 11 is 0. The van der Waals surface area contributed by atoms with Gasteiger partial charge in [-0.1, -0.05) is 40.5 Å². The first-order valence-corrected chi connectivity index (χ1v) is 5.97. The van der Waals surface area contributed by atoms with Crippen LogP contribution in [0, 0.1) is 5.92 Å². The zero-order valence-electron chi connectivity index (χ0n) is 9.90. The number of nitrogens with one attached hydrogen (secondary N) is 1. The van der Waals surface area contributed by atoms with Gasteiger partial charge in [0.25, 0.3) is 0 Å². The van der Waals surface area contributed by atoms with Gasteiger partial charge < -0.3 is 5.32 Å². The van der Waals surface area contributed by atoms with Gasteiger partial charge in [-0.15, -0.1) is 0 Å². The van der Waals surface area contributed by atoms with E-state index in [1.165, 1.54) is 38.6 Å². The largest absolute Gasteiger partial charge is 0.314 e. The van der Waals surface area contributed by atoms with Crippen LogP contribution < -0.4 is 5.32 Å². The van der Waals surface area contributed by atoms with E-state index in [2.05, 4.69) is 33.0 Å². The maximum Gasteiger partial charge on any atom is 0.00669 e. The van der Waals surface area contributed by atoms with Gasteiger partial charge in [0.15, 0.2) is 0 Å². The summed E-state index contributed by atoms with van der Waals surface area (Å²) in [5.41, 5.74) is 0. The second-order valence-electron chi connectivity index (χ2n) is 4.16. The summed E-state index contributed by atoms with van der Waals surface area (Å²) in [6.45, 7) is 10.4. The van der Waals surface area contributed by atoms with Gasteiger partial charge in [-0.2, -0.15) is 0 Å². The normalized spacial score (nSPS) is 15.7. The predicted molar refractivity (Wildman–Crippen MR) is 61.1 cm³/mol. The molecule has 0 aromatic rings. The Morgan fingerprint density at radius 2 is 1.77 bits per heavy atom. The quantitative estimate of drug-likeness (QED) is 0.570. The highest BCUT2D eigenvalue weighted by molar-refractivity contribution is 4.67. The van der Waals surface area contributed by atoms with Crippen LogP contribution in [-0.2, 0) is 0 Å². The fourth-order valence-electron chi connectivity index (χ4n) is 1.53. The van der Waals surface area contributed by atoms with Crippen molar-refractivity contribution < 1.29 is 0 Å². The first kappa shape index (κ1) is 13.0. The molecule has 0 aliphatic carbocycles. The number of hydrogen-bond acceptors (Lipinski definition) is 1. The SMILES string of the molecule is CCCCNC(CC)CC(C)CC. The first-order chi connectivity index (χ1) is 6.24. The van der Waals surface area contributed by atoms with Crippen molar-refractivity contribution in [1.29, 1.82) is 0 Å². The zero-order chi connectivity index (χ0) is 10.1.